The minimum Gasteiger partial charge on any atom is -0.493 e. The third-order valence-electron chi connectivity index (χ3n) is 2.81. The Bertz CT molecular complexity index is 548. The molecule has 0 spiro atoms. The van der Waals surface area contributed by atoms with Gasteiger partial charge in [0.15, 0.2) is 16.6 Å². The molecule has 120 valence electrons. The minimum absolute atomic E-state index is 0.423. The number of hydrogen-bond acceptors (Lipinski definition) is 5. The highest BCUT2D eigenvalue weighted by molar-refractivity contribution is 7.80. The lowest BCUT2D eigenvalue weighted by Gasteiger charge is -2.14. The number of nitrogens with one attached hydrogen (secondary N) is 2. The molecule has 1 rings (SSSR count). The van der Waals surface area contributed by atoms with Crippen molar-refractivity contribution in [1.82, 2.24) is 10.7 Å². The van der Waals surface area contributed by atoms with Crippen molar-refractivity contribution in [3.05, 3.63) is 30.4 Å². The topological polar surface area (TPSA) is 64.1 Å². The molecule has 2 N–H and O–H groups in total. The molecule has 0 heterocycles. The summed E-state index contributed by atoms with van der Waals surface area (Å²) in [6.45, 7) is 6.03. The van der Waals surface area contributed by atoms with Gasteiger partial charge in [-0.05, 0) is 31.3 Å². The maximum atomic E-state index is 5.32. The number of ether oxygens (including phenoxy) is 3. The van der Waals surface area contributed by atoms with Crippen molar-refractivity contribution >= 4 is 23.0 Å². The second-order valence-electron chi connectivity index (χ2n) is 4.22. The molecule has 0 unspecified atom stereocenters. The number of benzene rings is 1. The van der Waals surface area contributed by atoms with E-state index in [2.05, 4.69) is 22.4 Å². The van der Waals surface area contributed by atoms with Gasteiger partial charge in [-0.2, -0.15) is 5.10 Å². The molecule has 0 aromatic heterocycles. The average Bonchev–Trinajstić information content (AvgIpc) is 2.55. The molecule has 7 heteroatoms. The van der Waals surface area contributed by atoms with Gasteiger partial charge in [0.2, 0.25) is 5.75 Å². The van der Waals surface area contributed by atoms with E-state index in [1.807, 2.05) is 19.1 Å². The Balaban J connectivity index is 2.99. The van der Waals surface area contributed by atoms with Crippen LogP contribution in [0.3, 0.4) is 0 Å². The third kappa shape index (κ3) is 4.63. The quantitative estimate of drug-likeness (QED) is 0.347. The fraction of sp³-hybridized carbons (Fsp3) is 0.333. The van der Waals surface area contributed by atoms with Crippen LogP contribution < -0.4 is 25.0 Å². The van der Waals surface area contributed by atoms with Gasteiger partial charge in [-0.1, -0.05) is 6.08 Å². The molecule has 1 aromatic rings. The van der Waals surface area contributed by atoms with Gasteiger partial charge in [0, 0.05) is 12.1 Å². The van der Waals surface area contributed by atoms with Gasteiger partial charge in [0.1, 0.15) is 0 Å². The highest BCUT2D eigenvalue weighted by atomic mass is 32.1. The first-order valence-corrected chi connectivity index (χ1v) is 6.97. The van der Waals surface area contributed by atoms with E-state index in [1.165, 1.54) is 0 Å². The standard InChI is InChI=1S/C15H21N3O3S/c1-6-7-16-15(22)18-17-10(2)11-8-12(19-3)14(21-5)13(9-11)20-4/h6,8-9H,1,7H2,2-5H3,(H2,16,18,22). The molecule has 0 aliphatic heterocycles. The van der Waals surface area contributed by atoms with Gasteiger partial charge in [0.05, 0.1) is 27.0 Å². The first-order valence-electron chi connectivity index (χ1n) is 6.56. The van der Waals surface area contributed by atoms with Gasteiger partial charge < -0.3 is 19.5 Å². The molecule has 0 radical (unpaired) electrons. The van der Waals surface area contributed by atoms with Crippen LogP contribution in [0, 0.1) is 0 Å². The lowest BCUT2D eigenvalue weighted by Crippen LogP contribution is -2.32. The Morgan fingerprint density at radius 3 is 2.27 bits per heavy atom. The zero-order chi connectivity index (χ0) is 16.5. The van der Waals surface area contributed by atoms with Crippen LogP contribution in [0.25, 0.3) is 0 Å². The Labute approximate surface area is 136 Å². The van der Waals surface area contributed by atoms with Crippen molar-refractivity contribution in [2.75, 3.05) is 27.9 Å². The second kappa shape index (κ2) is 8.89. The summed E-state index contributed by atoms with van der Waals surface area (Å²) in [4.78, 5) is 0. The number of methoxy groups -OCH3 is 3. The van der Waals surface area contributed by atoms with Crippen molar-refractivity contribution in [3.8, 4) is 17.2 Å². The average molecular weight is 323 g/mol. The third-order valence-corrected chi connectivity index (χ3v) is 3.05. The van der Waals surface area contributed by atoms with E-state index in [1.54, 1.807) is 27.4 Å². The first-order chi connectivity index (χ1) is 10.6. The molecule has 0 aliphatic rings. The summed E-state index contributed by atoms with van der Waals surface area (Å²) in [5.74, 6) is 1.68. The summed E-state index contributed by atoms with van der Waals surface area (Å²) >= 11 is 5.08. The van der Waals surface area contributed by atoms with Crippen molar-refractivity contribution in [1.29, 1.82) is 0 Å². The molecule has 6 nitrogen and oxygen atoms in total. The summed E-state index contributed by atoms with van der Waals surface area (Å²) < 4.78 is 15.9. The van der Waals surface area contributed by atoms with Gasteiger partial charge in [0.25, 0.3) is 0 Å². The van der Waals surface area contributed by atoms with E-state index in [4.69, 9.17) is 26.4 Å². The fourth-order valence-corrected chi connectivity index (χ4v) is 1.82. The Kier molecular flexibility index (Phi) is 7.18. The number of hydrogen-bond donors (Lipinski definition) is 2. The summed E-state index contributed by atoms with van der Waals surface area (Å²) in [5, 5.41) is 7.58. The molecule has 0 fully saturated rings. The van der Waals surface area contributed by atoms with Gasteiger partial charge in [-0.25, -0.2) is 0 Å². The molecule has 1 aromatic carbocycles. The van der Waals surface area contributed by atoms with Crippen molar-refractivity contribution in [3.63, 3.8) is 0 Å². The highest BCUT2D eigenvalue weighted by Crippen LogP contribution is 2.38. The van der Waals surface area contributed by atoms with Crippen LogP contribution in [0.2, 0.25) is 0 Å². The van der Waals surface area contributed by atoms with Crippen molar-refractivity contribution in [2.45, 2.75) is 6.92 Å². The Morgan fingerprint density at radius 2 is 1.82 bits per heavy atom. The van der Waals surface area contributed by atoms with Crippen LogP contribution >= 0.6 is 12.2 Å². The highest BCUT2D eigenvalue weighted by Gasteiger charge is 2.14. The molecule has 22 heavy (non-hydrogen) atoms. The van der Waals surface area contributed by atoms with Gasteiger partial charge >= 0.3 is 0 Å². The van der Waals surface area contributed by atoms with Crippen molar-refractivity contribution < 1.29 is 14.2 Å². The van der Waals surface area contributed by atoms with E-state index in [0.29, 0.717) is 28.9 Å². The summed E-state index contributed by atoms with van der Waals surface area (Å²) in [6, 6.07) is 3.64. The number of rotatable bonds is 7. The van der Waals surface area contributed by atoms with E-state index in [9.17, 15) is 0 Å². The SMILES string of the molecule is C=CCNC(=S)NN=C(C)c1cc(OC)c(OC)c(OC)c1. The van der Waals surface area contributed by atoms with E-state index < -0.39 is 0 Å². The number of thiocarbonyl (C=S) groups is 1. The van der Waals surface area contributed by atoms with Crippen LogP contribution in [0.1, 0.15) is 12.5 Å². The maximum Gasteiger partial charge on any atom is 0.203 e. The summed E-state index contributed by atoms with van der Waals surface area (Å²) in [5.41, 5.74) is 4.32. The Morgan fingerprint density at radius 1 is 1.23 bits per heavy atom. The molecule has 0 amide bonds. The molecular weight excluding hydrogens is 302 g/mol. The van der Waals surface area contributed by atoms with Crippen LogP contribution in [0.15, 0.2) is 29.9 Å². The van der Waals surface area contributed by atoms with Crippen LogP contribution in [0.5, 0.6) is 17.2 Å². The van der Waals surface area contributed by atoms with E-state index in [0.717, 1.165) is 11.3 Å². The first kappa shape index (κ1) is 17.8. The van der Waals surface area contributed by atoms with Crippen LogP contribution in [-0.2, 0) is 0 Å². The molecular formula is C15H21N3O3S. The zero-order valence-electron chi connectivity index (χ0n) is 13.2. The predicted octanol–water partition coefficient (Wildman–Crippen LogP) is 2.09. The van der Waals surface area contributed by atoms with Gasteiger partial charge in [-0.3, -0.25) is 5.43 Å². The van der Waals surface area contributed by atoms with Crippen molar-refractivity contribution in [2.24, 2.45) is 5.10 Å². The van der Waals surface area contributed by atoms with E-state index in [-0.39, 0.29) is 0 Å². The minimum atomic E-state index is 0.423. The summed E-state index contributed by atoms with van der Waals surface area (Å²) in [7, 11) is 4.70. The lowest BCUT2D eigenvalue weighted by atomic mass is 10.1. The molecule has 0 bridgehead atoms. The summed E-state index contributed by atoms with van der Waals surface area (Å²) in [6.07, 6.45) is 1.71. The zero-order valence-corrected chi connectivity index (χ0v) is 14.0. The maximum absolute atomic E-state index is 5.32. The number of hydrazone groups is 1. The van der Waals surface area contributed by atoms with E-state index >= 15 is 0 Å². The number of nitrogens with zero attached hydrogens (tertiary/aromatic N) is 1. The monoisotopic (exact) mass is 323 g/mol. The second-order valence-corrected chi connectivity index (χ2v) is 4.63. The predicted molar refractivity (Wildman–Crippen MR) is 92.2 cm³/mol. The molecule has 0 saturated heterocycles. The molecule has 0 saturated carbocycles. The molecule has 0 atom stereocenters. The largest absolute Gasteiger partial charge is 0.493 e. The van der Waals surface area contributed by atoms with Crippen LogP contribution in [0.4, 0.5) is 0 Å². The van der Waals surface area contributed by atoms with Gasteiger partial charge in [-0.15, -0.1) is 6.58 Å². The molecule has 0 aliphatic carbocycles. The lowest BCUT2D eigenvalue weighted by molar-refractivity contribution is 0.324. The fourth-order valence-electron chi connectivity index (χ4n) is 1.69. The Hall–Kier alpha value is -2.28. The normalized spacial score (nSPS) is 10.6. The smallest absolute Gasteiger partial charge is 0.203 e. The van der Waals surface area contributed by atoms with Crippen LogP contribution in [-0.4, -0.2) is 38.7 Å².